The number of hydrogen-bond donors (Lipinski definition) is 2. The summed E-state index contributed by atoms with van der Waals surface area (Å²) < 4.78 is 0. The summed E-state index contributed by atoms with van der Waals surface area (Å²) in [6.07, 6.45) is 2.85. The van der Waals surface area contributed by atoms with Crippen molar-refractivity contribution in [1.29, 1.82) is 0 Å². The Morgan fingerprint density at radius 3 is 3.00 bits per heavy atom. The van der Waals surface area contributed by atoms with Gasteiger partial charge in [-0.2, -0.15) is 0 Å². The van der Waals surface area contributed by atoms with E-state index >= 15 is 0 Å². The first-order chi connectivity index (χ1) is 6.36. The van der Waals surface area contributed by atoms with Crippen LogP contribution in [-0.4, -0.2) is 28.5 Å². The largest absolute Gasteiger partial charge is 0.396 e. The molecule has 13 heavy (non-hydrogen) atoms. The first-order valence-corrected chi connectivity index (χ1v) is 5.35. The molecule has 2 N–H and O–H groups in total. The highest BCUT2D eigenvalue weighted by Gasteiger charge is 2.01. The van der Waals surface area contributed by atoms with E-state index in [1.54, 1.807) is 11.3 Å². The number of anilines is 1. The minimum Gasteiger partial charge on any atom is -0.396 e. The van der Waals surface area contributed by atoms with Crippen molar-refractivity contribution in [2.75, 3.05) is 18.5 Å². The Kier molecular flexibility index (Phi) is 4.70. The first-order valence-electron chi connectivity index (χ1n) is 4.54. The predicted molar refractivity (Wildman–Crippen MR) is 54.1 cm³/mol. The van der Waals surface area contributed by atoms with E-state index in [4.69, 9.17) is 5.11 Å². The van der Waals surface area contributed by atoms with Crippen molar-refractivity contribution in [2.24, 2.45) is 0 Å². The van der Waals surface area contributed by atoms with Crippen molar-refractivity contribution in [3.8, 4) is 0 Å². The zero-order chi connectivity index (χ0) is 9.52. The quantitative estimate of drug-likeness (QED) is 0.681. The molecule has 0 atom stereocenters. The molecule has 0 radical (unpaired) electrons. The van der Waals surface area contributed by atoms with Crippen LogP contribution in [0.25, 0.3) is 0 Å². The maximum atomic E-state index is 8.56. The molecule has 0 fully saturated rings. The molecule has 5 heteroatoms. The Hall–Kier alpha value is -0.680. The zero-order valence-corrected chi connectivity index (χ0v) is 8.60. The number of rotatable bonds is 6. The minimum atomic E-state index is 0.216. The molecule has 1 aromatic heterocycles. The van der Waals surface area contributed by atoms with Crippen molar-refractivity contribution in [1.82, 2.24) is 10.2 Å². The van der Waals surface area contributed by atoms with Gasteiger partial charge in [0.25, 0.3) is 0 Å². The SMILES string of the molecule is CCCc1nnc(NCCCO)s1. The van der Waals surface area contributed by atoms with E-state index in [0.29, 0.717) is 0 Å². The molecule has 0 aliphatic carbocycles. The van der Waals surface area contributed by atoms with Gasteiger partial charge in [-0.25, -0.2) is 0 Å². The van der Waals surface area contributed by atoms with Gasteiger partial charge in [0.1, 0.15) is 5.01 Å². The highest BCUT2D eigenvalue weighted by atomic mass is 32.1. The van der Waals surface area contributed by atoms with Gasteiger partial charge >= 0.3 is 0 Å². The van der Waals surface area contributed by atoms with E-state index in [-0.39, 0.29) is 6.61 Å². The molecule has 1 rings (SSSR count). The summed E-state index contributed by atoms with van der Waals surface area (Å²) in [4.78, 5) is 0. The summed E-state index contributed by atoms with van der Waals surface area (Å²) in [7, 11) is 0. The summed E-state index contributed by atoms with van der Waals surface area (Å²) in [6.45, 7) is 3.10. The fraction of sp³-hybridized carbons (Fsp3) is 0.750. The van der Waals surface area contributed by atoms with Crippen molar-refractivity contribution in [3.05, 3.63) is 5.01 Å². The van der Waals surface area contributed by atoms with E-state index < -0.39 is 0 Å². The van der Waals surface area contributed by atoms with Gasteiger partial charge < -0.3 is 10.4 Å². The van der Waals surface area contributed by atoms with Crippen LogP contribution in [0, 0.1) is 0 Å². The number of nitrogens with one attached hydrogen (secondary N) is 1. The second-order valence-corrected chi connectivity index (χ2v) is 3.82. The lowest BCUT2D eigenvalue weighted by atomic mass is 10.4. The fourth-order valence-corrected chi connectivity index (χ4v) is 1.78. The van der Waals surface area contributed by atoms with Crippen LogP contribution in [0.15, 0.2) is 0 Å². The molecule has 0 aliphatic heterocycles. The molecular formula is C8H15N3OS. The lowest BCUT2D eigenvalue weighted by Crippen LogP contribution is -2.02. The number of aromatic nitrogens is 2. The Morgan fingerprint density at radius 2 is 2.31 bits per heavy atom. The molecule has 0 aliphatic rings. The molecule has 4 nitrogen and oxygen atoms in total. The van der Waals surface area contributed by atoms with Crippen LogP contribution < -0.4 is 5.32 Å². The molecule has 1 aromatic rings. The topological polar surface area (TPSA) is 58.0 Å². The molecule has 1 heterocycles. The van der Waals surface area contributed by atoms with Gasteiger partial charge in [0.2, 0.25) is 5.13 Å². The van der Waals surface area contributed by atoms with Crippen LogP contribution in [0.2, 0.25) is 0 Å². The second-order valence-electron chi connectivity index (χ2n) is 2.75. The van der Waals surface area contributed by atoms with Gasteiger partial charge in [-0.1, -0.05) is 18.3 Å². The van der Waals surface area contributed by atoms with Gasteiger partial charge in [0, 0.05) is 19.6 Å². The average molecular weight is 201 g/mol. The van der Waals surface area contributed by atoms with Crippen molar-refractivity contribution in [2.45, 2.75) is 26.2 Å². The Morgan fingerprint density at radius 1 is 1.46 bits per heavy atom. The van der Waals surface area contributed by atoms with E-state index in [2.05, 4.69) is 22.4 Å². The maximum absolute atomic E-state index is 8.56. The molecule has 0 saturated heterocycles. The standard InChI is InChI=1S/C8H15N3OS/c1-2-4-7-10-11-8(13-7)9-5-3-6-12/h12H,2-6H2,1H3,(H,9,11). The van der Waals surface area contributed by atoms with Gasteiger partial charge in [-0.05, 0) is 12.8 Å². The summed E-state index contributed by atoms with van der Waals surface area (Å²) in [6, 6.07) is 0. The third-order valence-electron chi connectivity index (χ3n) is 1.54. The molecule has 0 unspecified atom stereocenters. The minimum absolute atomic E-state index is 0.216. The fourth-order valence-electron chi connectivity index (χ4n) is 0.914. The molecule has 0 saturated carbocycles. The van der Waals surface area contributed by atoms with Gasteiger partial charge in [-0.15, -0.1) is 10.2 Å². The molecule has 0 spiro atoms. The van der Waals surface area contributed by atoms with Crippen LogP contribution >= 0.6 is 11.3 Å². The normalized spacial score (nSPS) is 10.3. The van der Waals surface area contributed by atoms with Crippen molar-refractivity contribution < 1.29 is 5.11 Å². The number of aryl methyl sites for hydroxylation is 1. The van der Waals surface area contributed by atoms with Gasteiger partial charge in [-0.3, -0.25) is 0 Å². The van der Waals surface area contributed by atoms with E-state index in [0.717, 1.165) is 35.9 Å². The van der Waals surface area contributed by atoms with Crippen LogP contribution in [0.4, 0.5) is 5.13 Å². The second kappa shape index (κ2) is 5.88. The Bertz CT molecular complexity index is 239. The molecule has 0 amide bonds. The monoisotopic (exact) mass is 201 g/mol. The third-order valence-corrected chi connectivity index (χ3v) is 2.48. The number of aliphatic hydroxyl groups is 1. The first kappa shape index (κ1) is 10.4. The van der Waals surface area contributed by atoms with Crippen molar-refractivity contribution >= 4 is 16.5 Å². The molecule has 0 bridgehead atoms. The van der Waals surface area contributed by atoms with Crippen LogP contribution in [0.5, 0.6) is 0 Å². The van der Waals surface area contributed by atoms with E-state index in [1.165, 1.54) is 0 Å². The average Bonchev–Trinajstić information content (AvgIpc) is 2.54. The lowest BCUT2D eigenvalue weighted by Gasteiger charge is -1.97. The maximum Gasteiger partial charge on any atom is 0.205 e. The lowest BCUT2D eigenvalue weighted by molar-refractivity contribution is 0.292. The molecule has 0 aromatic carbocycles. The predicted octanol–water partition coefficient (Wildman–Crippen LogP) is 1.28. The number of hydrogen-bond acceptors (Lipinski definition) is 5. The van der Waals surface area contributed by atoms with Crippen LogP contribution in [-0.2, 0) is 6.42 Å². The highest BCUT2D eigenvalue weighted by Crippen LogP contribution is 2.15. The summed E-state index contributed by atoms with van der Waals surface area (Å²) in [5.41, 5.74) is 0. The highest BCUT2D eigenvalue weighted by molar-refractivity contribution is 7.15. The summed E-state index contributed by atoms with van der Waals surface area (Å²) in [5.74, 6) is 0. The zero-order valence-electron chi connectivity index (χ0n) is 7.79. The molecular weight excluding hydrogens is 186 g/mol. The van der Waals surface area contributed by atoms with Gasteiger partial charge in [0.15, 0.2) is 0 Å². The third kappa shape index (κ3) is 3.69. The van der Waals surface area contributed by atoms with E-state index in [1.807, 2.05) is 0 Å². The smallest absolute Gasteiger partial charge is 0.205 e. The van der Waals surface area contributed by atoms with E-state index in [9.17, 15) is 0 Å². The number of nitrogens with zero attached hydrogens (tertiary/aromatic N) is 2. The molecule has 74 valence electrons. The van der Waals surface area contributed by atoms with Gasteiger partial charge in [0.05, 0.1) is 0 Å². The van der Waals surface area contributed by atoms with Crippen LogP contribution in [0.3, 0.4) is 0 Å². The summed E-state index contributed by atoms with van der Waals surface area (Å²) in [5, 5.41) is 21.6. The number of aliphatic hydroxyl groups excluding tert-OH is 1. The Labute approximate surface area is 82.0 Å². The summed E-state index contributed by atoms with van der Waals surface area (Å²) >= 11 is 1.59. The van der Waals surface area contributed by atoms with Crippen LogP contribution in [0.1, 0.15) is 24.8 Å². The van der Waals surface area contributed by atoms with Crippen molar-refractivity contribution in [3.63, 3.8) is 0 Å². The Balaban J connectivity index is 2.31.